The van der Waals surface area contributed by atoms with Crippen LogP contribution in [0.3, 0.4) is 0 Å². The first kappa shape index (κ1) is 22.2. The highest BCUT2D eigenvalue weighted by Crippen LogP contribution is 2.34. The molecule has 5 nitrogen and oxygen atoms in total. The topological polar surface area (TPSA) is 98.5 Å². The van der Waals surface area contributed by atoms with Crippen molar-refractivity contribution in [2.24, 2.45) is 16.1 Å². The van der Waals surface area contributed by atoms with E-state index in [4.69, 9.17) is 11.0 Å². The first-order chi connectivity index (χ1) is 14.9. The normalized spacial score (nSPS) is 13.0. The van der Waals surface area contributed by atoms with E-state index >= 15 is 0 Å². The first-order valence-electron chi connectivity index (χ1n) is 9.85. The zero-order chi connectivity index (χ0) is 22.3. The van der Waals surface area contributed by atoms with E-state index in [9.17, 15) is 8.42 Å². The van der Waals surface area contributed by atoms with Gasteiger partial charge in [-0.2, -0.15) is 5.10 Å². The van der Waals surface area contributed by atoms with E-state index in [1.807, 2.05) is 54.6 Å². The van der Waals surface area contributed by atoms with Crippen molar-refractivity contribution in [3.8, 4) is 0 Å². The lowest BCUT2D eigenvalue weighted by molar-refractivity contribution is 0.606. The van der Waals surface area contributed by atoms with Crippen molar-refractivity contribution >= 4 is 33.5 Å². The fourth-order valence-corrected chi connectivity index (χ4v) is 3.82. The van der Waals surface area contributed by atoms with Gasteiger partial charge in [-0.25, -0.2) is 13.6 Å². The summed E-state index contributed by atoms with van der Waals surface area (Å²) in [6, 6.07) is 26.0. The van der Waals surface area contributed by atoms with Crippen molar-refractivity contribution in [3.63, 3.8) is 0 Å². The number of rotatable bonds is 7. The van der Waals surface area contributed by atoms with Gasteiger partial charge in [0.05, 0.1) is 6.21 Å². The Morgan fingerprint density at radius 1 is 0.871 bits per heavy atom. The van der Waals surface area contributed by atoms with Gasteiger partial charge in [-0.15, -0.1) is 0 Å². The summed E-state index contributed by atoms with van der Waals surface area (Å²) in [4.78, 5) is 0. The number of primary sulfonamides is 1. The Kier molecular flexibility index (Phi) is 7.18. The van der Waals surface area contributed by atoms with Gasteiger partial charge in [0.15, 0.2) is 0 Å². The SMILES string of the molecule is CC/C(=C(/c1ccc(/C=C/S(N)(=O)=O)cc1)c1cccc(/C=N\N)c1)c1ccccc1. The Morgan fingerprint density at radius 3 is 2.16 bits per heavy atom. The summed E-state index contributed by atoms with van der Waals surface area (Å²) >= 11 is 0. The van der Waals surface area contributed by atoms with Crippen LogP contribution in [0, 0.1) is 0 Å². The van der Waals surface area contributed by atoms with E-state index in [1.54, 1.807) is 6.21 Å². The Morgan fingerprint density at radius 2 is 1.55 bits per heavy atom. The summed E-state index contributed by atoms with van der Waals surface area (Å²) < 4.78 is 22.4. The van der Waals surface area contributed by atoms with Crippen LogP contribution in [-0.4, -0.2) is 14.6 Å². The quantitative estimate of drug-likeness (QED) is 0.247. The lowest BCUT2D eigenvalue weighted by atomic mass is 9.87. The highest BCUT2D eigenvalue weighted by molar-refractivity contribution is 7.92. The van der Waals surface area contributed by atoms with Crippen molar-refractivity contribution in [2.45, 2.75) is 13.3 Å². The number of nitrogens with two attached hydrogens (primary N) is 2. The zero-order valence-electron chi connectivity index (χ0n) is 17.3. The minimum Gasteiger partial charge on any atom is -0.323 e. The van der Waals surface area contributed by atoms with Crippen molar-refractivity contribution in [3.05, 3.63) is 112 Å². The van der Waals surface area contributed by atoms with Crippen molar-refractivity contribution in [2.75, 3.05) is 0 Å². The van der Waals surface area contributed by atoms with E-state index in [2.05, 4.69) is 36.3 Å². The summed E-state index contributed by atoms with van der Waals surface area (Å²) in [6.07, 6.45) is 3.94. The maximum atomic E-state index is 11.2. The van der Waals surface area contributed by atoms with E-state index < -0.39 is 10.0 Å². The number of hydrogen-bond donors (Lipinski definition) is 2. The molecule has 0 bridgehead atoms. The summed E-state index contributed by atoms with van der Waals surface area (Å²) in [6.45, 7) is 2.14. The summed E-state index contributed by atoms with van der Waals surface area (Å²) in [7, 11) is -3.67. The lowest BCUT2D eigenvalue weighted by Crippen LogP contribution is -2.06. The smallest absolute Gasteiger partial charge is 0.231 e. The van der Waals surface area contributed by atoms with E-state index in [1.165, 1.54) is 11.6 Å². The molecule has 6 heteroatoms. The van der Waals surface area contributed by atoms with Crippen molar-refractivity contribution < 1.29 is 8.42 Å². The summed E-state index contributed by atoms with van der Waals surface area (Å²) in [5.41, 5.74) is 7.18. The highest BCUT2D eigenvalue weighted by Gasteiger charge is 2.13. The molecule has 3 aromatic rings. The van der Waals surface area contributed by atoms with Gasteiger partial charge in [0, 0.05) is 5.41 Å². The molecule has 0 atom stereocenters. The van der Waals surface area contributed by atoms with Crippen LogP contribution in [0.4, 0.5) is 0 Å². The second-order valence-electron chi connectivity index (χ2n) is 6.99. The van der Waals surface area contributed by atoms with Gasteiger partial charge in [-0.1, -0.05) is 79.7 Å². The van der Waals surface area contributed by atoms with Crippen LogP contribution in [0.5, 0.6) is 0 Å². The van der Waals surface area contributed by atoms with Gasteiger partial charge in [0.1, 0.15) is 0 Å². The number of sulfonamides is 1. The minimum atomic E-state index is -3.67. The molecule has 4 N–H and O–H groups in total. The maximum absolute atomic E-state index is 11.2. The molecule has 0 amide bonds. The Balaban J connectivity index is 2.18. The Hall–Kier alpha value is -3.48. The predicted octanol–water partition coefficient (Wildman–Crippen LogP) is 4.61. The largest absolute Gasteiger partial charge is 0.323 e. The third kappa shape index (κ3) is 6.01. The van der Waals surface area contributed by atoms with Crippen LogP contribution < -0.4 is 11.0 Å². The van der Waals surface area contributed by atoms with Gasteiger partial charge in [-0.05, 0) is 57.5 Å². The molecule has 0 aliphatic heterocycles. The molecule has 0 aliphatic carbocycles. The number of nitrogens with zero attached hydrogens (tertiary/aromatic N) is 1. The standard InChI is InChI=1S/C25H25N3O2S/c1-2-24(21-8-4-3-5-9-21)25(23-10-6-7-20(17-23)18-28-26)22-13-11-19(12-14-22)15-16-31(27,29)30/h3-18H,2,26H2,1H3,(H2,27,29,30)/b16-15+,25-24+,28-18-. The second-order valence-corrected chi connectivity index (χ2v) is 8.44. The van der Waals surface area contributed by atoms with Gasteiger partial charge in [0.2, 0.25) is 10.0 Å². The fraction of sp³-hybridized carbons (Fsp3) is 0.0800. The summed E-state index contributed by atoms with van der Waals surface area (Å²) in [5, 5.41) is 9.70. The second kappa shape index (κ2) is 10.0. The molecule has 0 heterocycles. The molecule has 0 radical (unpaired) electrons. The molecular formula is C25H25N3O2S. The molecular weight excluding hydrogens is 406 g/mol. The molecule has 0 aromatic heterocycles. The van der Waals surface area contributed by atoms with Crippen LogP contribution in [0.2, 0.25) is 0 Å². The lowest BCUT2D eigenvalue weighted by Gasteiger charge is -2.17. The number of hydrazone groups is 1. The van der Waals surface area contributed by atoms with Gasteiger partial charge in [0.25, 0.3) is 0 Å². The van der Waals surface area contributed by atoms with E-state index in [-0.39, 0.29) is 0 Å². The zero-order valence-corrected chi connectivity index (χ0v) is 18.1. The van der Waals surface area contributed by atoms with Crippen LogP contribution in [0.15, 0.2) is 89.4 Å². The maximum Gasteiger partial charge on any atom is 0.231 e. The minimum absolute atomic E-state index is 0.749. The Labute approximate surface area is 183 Å². The molecule has 3 rings (SSSR count). The molecule has 0 saturated heterocycles. The number of allylic oxidation sites excluding steroid dienone is 1. The third-order valence-corrected chi connectivity index (χ3v) is 5.34. The highest BCUT2D eigenvalue weighted by atomic mass is 32.2. The molecule has 0 fully saturated rings. The first-order valence-corrected chi connectivity index (χ1v) is 11.5. The average Bonchev–Trinajstić information content (AvgIpc) is 2.77. The van der Waals surface area contributed by atoms with Crippen LogP contribution >= 0.6 is 0 Å². The third-order valence-electron chi connectivity index (χ3n) is 4.83. The van der Waals surface area contributed by atoms with E-state index in [0.29, 0.717) is 0 Å². The molecule has 0 saturated carbocycles. The van der Waals surface area contributed by atoms with Crippen LogP contribution in [0.25, 0.3) is 17.2 Å². The predicted molar refractivity (Wildman–Crippen MR) is 129 cm³/mol. The van der Waals surface area contributed by atoms with Gasteiger partial charge >= 0.3 is 0 Å². The summed E-state index contributed by atoms with van der Waals surface area (Å²) in [5.74, 6) is 5.35. The molecule has 3 aromatic carbocycles. The molecule has 31 heavy (non-hydrogen) atoms. The van der Waals surface area contributed by atoms with Gasteiger partial charge in [-0.3, -0.25) is 0 Å². The van der Waals surface area contributed by atoms with E-state index in [0.717, 1.165) is 45.2 Å². The molecule has 0 aliphatic rings. The fourth-order valence-electron chi connectivity index (χ4n) is 3.47. The number of hydrogen-bond acceptors (Lipinski definition) is 4. The number of benzene rings is 3. The van der Waals surface area contributed by atoms with Gasteiger partial charge < -0.3 is 5.84 Å². The molecule has 0 spiro atoms. The average molecular weight is 432 g/mol. The molecule has 158 valence electrons. The molecule has 0 unspecified atom stereocenters. The Bertz CT molecular complexity index is 1230. The van der Waals surface area contributed by atoms with Crippen molar-refractivity contribution in [1.82, 2.24) is 0 Å². The van der Waals surface area contributed by atoms with Crippen LogP contribution in [0.1, 0.15) is 41.2 Å². The van der Waals surface area contributed by atoms with Crippen LogP contribution in [-0.2, 0) is 10.0 Å². The van der Waals surface area contributed by atoms with Crippen molar-refractivity contribution in [1.29, 1.82) is 0 Å². The monoisotopic (exact) mass is 431 g/mol.